The first kappa shape index (κ1) is 20.0. The molecule has 1 atom stereocenters. The molecule has 2 fully saturated rings. The number of likely N-dealkylation sites (tertiary alicyclic amines) is 1. The number of ether oxygens (including phenoxy) is 1. The van der Waals surface area contributed by atoms with E-state index in [0.29, 0.717) is 12.2 Å². The fourth-order valence-electron chi connectivity index (χ4n) is 4.46. The fraction of sp³-hybridized carbons (Fsp3) is 0.522. The van der Waals surface area contributed by atoms with Crippen molar-refractivity contribution in [3.8, 4) is 0 Å². The molecule has 0 radical (unpaired) electrons. The number of nitrogens with one attached hydrogen (secondary N) is 1. The second kappa shape index (κ2) is 9.46. The second-order valence-corrected chi connectivity index (χ2v) is 8.19. The Morgan fingerprint density at radius 1 is 1.17 bits per heavy atom. The van der Waals surface area contributed by atoms with Gasteiger partial charge in [0.15, 0.2) is 0 Å². The van der Waals surface area contributed by atoms with Crippen LogP contribution >= 0.6 is 0 Å². The highest BCUT2D eigenvalue weighted by Crippen LogP contribution is 2.38. The summed E-state index contributed by atoms with van der Waals surface area (Å²) in [7, 11) is 0. The molecule has 0 bridgehead atoms. The molecule has 2 saturated heterocycles. The van der Waals surface area contributed by atoms with E-state index in [9.17, 15) is 4.79 Å². The van der Waals surface area contributed by atoms with Crippen LogP contribution < -0.4 is 5.32 Å². The van der Waals surface area contributed by atoms with E-state index < -0.39 is 0 Å². The summed E-state index contributed by atoms with van der Waals surface area (Å²) in [6.45, 7) is 3.90. The largest absolute Gasteiger partial charge is 0.370 e. The third-order valence-corrected chi connectivity index (χ3v) is 6.17. The van der Waals surface area contributed by atoms with Crippen molar-refractivity contribution in [2.45, 2.75) is 50.2 Å². The number of hydrogen-bond donors (Lipinski definition) is 1. The van der Waals surface area contributed by atoms with Crippen molar-refractivity contribution in [2.24, 2.45) is 0 Å². The van der Waals surface area contributed by atoms with Crippen LogP contribution in [0.2, 0.25) is 0 Å². The molecule has 6 heteroatoms. The summed E-state index contributed by atoms with van der Waals surface area (Å²) in [4.78, 5) is 22.7. The molecule has 1 N–H and O–H groups in total. The van der Waals surface area contributed by atoms with Gasteiger partial charge in [-0.05, 0) is 50.6 Å². The van der Waals surface area contributed by atoms with Gasteiger partial charge in [0.25, 0.3) is 5.91 Å². The van der Waals surface area contributed by atoms with Crippen molar-refractivity contribution in [1.82, 2.24) is 20.2 Å². The van der Waals surface area contributed by atoms with E-state index in [-0.39, 0.29) is 17.6 Å². The van der Waals surface area contributed by atoms with E-state index in [1.807, 2.05) is 0 Å². The molecule has 2 aliphatic rings. The van der Waals surface area contributed by atoms with Crippen LogP contribution in [-0.4, -0.2) is 58.7 Å². The number of piperidine rings is 1. The van der Waals surface area contributed by atoms with Crippen molar-refractivity contribution in [3.05, 3.63) is 60.2 Å². The first-order valence-electron chi connectivity index (χ1n) is 10.7. The molecule has 3 heterocycles. The Labute approximate surface area is 172 Å². The van der Waals surface area contributed by atoms with E-state index in [0.717, 1.165) is 51.7 Å². The zero-order chi connectivity index (χ0) is 19.9. The van der Waals surface area contributed by atoms with E-state index in [2.05, 4.69) is 50.5 Å². The standard InChI is InChI=1S/C23H30N4O2/c28-22(21-18-24-12-13-25-21)26-17-20-8-9-23(29-20)10-15-27(16-11-23)14-4-7-19-5-2-1-3-6-19/h1-3,5-6,12-13,18,20H,4,7-11,14-17H2,(H,26,28). The minimum Gasteiger partial charge on any atom is -0.370 e. The lowest BCUT2D eigenvalue weighted by atomic mass is 9.88. The molecular weight excluding hydrogens is 364 g/mol. The first-order valence-corrected chi connectivity index (χ1v) is 10.7. The number of nitrogens with zero attached hydrogens (tertiary/aromatic N) is 3. The lowest BCUT2D eigenvalue weighted by Crippen LogP contribution is -2.45. The van der Waals surface area contributed by atoms with Gasteiger partial charge >= 0.3 is 0 Å². The molecule has 0 saturated carbocycles. The van der Waals surface area contributed by atoms with Crippen molar-refractivity contribution >= 4 is 5.91 Å². The second-order valence-electron chi connectivity index (χ2n) is 8.19. The Morgan fingerprint density at radius 3 is 2.76 bits per heavy atom. The lowest BCUT2D eigenvalue weighted by Gasteiger charge is -2.39. The minimum atomic E-state index is -0.184. The van der Waals surface area contributed by atoms with Crippen LogP contribution in [0, 0.1) is 0 Å². The van der Waals surface area contributed by atoms with Crippen molar-refractivity contribution in [3.63, 3.8) is 0 Å². The van der Waals surface area contributed by atoms with Crippen molar-refractivity contribution in [1.29, 1.82) is 0 Å². The van der Waals surface area contributed by atoms with Gasteiger partial charge in [0.1, 0.15) is 5.69 Å². The van der Waals surface area contributed by atoms with Crippen molar-refractivity contribution < 1.29 is 9.53 Å². The molecule has 6 nitrogen and oxygen atoms in total. The number of rotatable bonds is 7. The average molecular weight is 395 g/mol. The van der Waals surface area contributed by atoms with Gasteiger partial charge in [0.2, 0.25) is 0 Å². The fourth-order valence-corrected chi connectivity index (χ4v) is 4.46. The van der Waals surface area contributed by atoms with Crippen LogP contribution in [0.4, 0.5) is 0 Å². The Balaban J connectivity index is 1.16. The highest BCUT2D eigenvalue weighted by Gasteiger charge is 2.42. The van der Waals surface area contributed by atoms with Crippen LogP contribution in [-0.2, 0) is 11.2 Å². The van der Waals surface area contributed by atoms with Gasteiger partial charge in [-0.2, -0.15) is 0 Å². The normalized spacial score (nSPS) is 21.3. The molecular formula is C23H30N4O2. The maximum absolute atomic E-state index is 12.1. The Hall–Kier alpha value is -2.31. The minimum absolute atomic E-state index is 0.0118. The summed E-state index contributed by atoms with van der Waals surface area (Å²) in [6.07, 6.45) is 11.3. The molecule has 1 amide bonds. The third-order valence-electron chi connectivity index (χ3n) is 6.17. The number of carbonyl (C=O) groups excluding carboxylic acids is 1. The number of hydrogen-bond acceptors (Lipinski definition) is 5. The van der Waals surface area contributed by atoms with Crippen LogP contribution in [0.3, 0.4) is 0 Å². The van der Waals surface area contributed by atoms with Gasteiger partial charge in [0.05, 0.1) is 17.9 Å². The van der Waals surface area contributed by atoms with Crippen LogP contribution in [0.5, 0.6) is 0 Å². The van der Waals surface area contributed by atoms with E-state index in [4.69, 9.17) is 4.74 Å². The first-order chi connectivity index (χ1) is 14.2. The Bertz CT molecular complexity index is 776. The zero-order valence-electron chi connectivity index (χ0n) is 16.9. The predicted octanol–water partition coefficient (Wildman–Crippen LogP) is 2.85. The molecule has 4 rings (SSSR count). The van der Waals surface area contributed by atoms with Crippen LogP contribution in [0.25, 0.3) is 0 Å². The van der Waals surface area contributed by atoms with Gasteiger partial charge in [-0.15, -0.1) is 0 Å². The molecule has 1 unspecified atom stereocenters. The van der Waals surface area contributed by atoms with Crippen LogP contribution in [0.1, 0.15) is 48.2 Å². The van der Waals surface area contributed by atoms with Gasteiger partial charge in [-0.1, -0.05) is 30.3 Å². The molecule has 2 aromatic rings. The number of aryl methyl sites for hydroxylation is 1. The number of amides is 1. The van der Waals surface area contributed by atoms with E-state index in [1.165, 1.54) is 24.4 Å². The number of aromatic nitrogens is 2. The summed E-state index contributed by atoms with van der Waals surface area (Å²) in [6, 6.07) is 10.7. The highest BCUT2D eigenvalue weighted by molar-refractivity contribution is 5.91. The third kappa shape index (κ3) is 5.40. The highest BCUT2D eigenvalue weighted by atomic mass is 16.5. The van der Waals surface area contributed by atoms with E-state index in [1.54, 1.807) is 6.20 Å². The summed E-state index contributed by atoms with van der Waals surface area (Å²) >= 11 is 0. The average Bonchev–Trinajstić information content (AvgIpc) is 3.17. The van der Waals surface area contributed by atoms with Crippen molar-refractivity contribution in [2.75, 3.05) is 26.2 Å². The molecule has 29 heavy (non-hydrogen) atoms. The SMILES string of the molecule is O=C(NCC1CCC2(CCN(CCCc3ccccc3)CC2)O1)c1cnccn1. The number of benzene rings is 1. The molecule has 2 aliphatic heterocycles. The molecule has 154 valence electrons. The zero-order valence-corrected chi connectivity index (χ0v) is 16.9. The Morgan fingerprint density at radius 2 is 2.00 bits per heavy atom. The van der Waals surface area contributed by atoms with Gasteiger partial charge in [-0.25, -0.2) is 4.98 Å². The molecule has 1 spiro atoms. The molecule has 1 aromatic heterocycles. The monoisotopic (exact) mass is 394 g/mol. The summed E-state index contributed by atoms with van der Waals surface area (Å²) in [5.41, 5.74) is 1.79. The smallest absolute Gasteiger partial charge is 0.271 e. The van der Waals surface area contributed by atoms with E-state index >= 15 is 0 Å². The van der Waals surface area contributed by atoms with Gasteiger partial charge in [-0.3, -0.25) is 9.78 Å². The summed E-state index contributed by atoms with van der Waals surface area (Å²) < 4.78 is 6.42. The summed E-state index contributed by atoms with van der Waals surface area (Å²) in [5, 5.41) is 2.94. The molecule has 1 aromatic carbocycles. The van der Waals surface area contributed by atoms with Gasteiger partial charge in [0, 0.05) is 32.0 Å². The lowest BCUT2D eigenvalue weighted by molar-refractivity contribution is -0.0754. The quantitative estimate of drug-likeness (QED) is 0.782. The topological polar surface area (TPSA) is 67.4 Å². The Kier molecular flexibility index (Phi) is 6.52. The predicted molar refractivity (Wildman–Crippen MR) is 112 cm³/mol. The maximum Gasteiger partial charge on any atom is 0.271 e. The maximum atomic E-state index is 12.1. The molecule has 0 aliphatic carbocycles. The number of carbonyl (C=O) groups is 1. The van der Waals surface area contributed by atoms with Gasteiger partial charge < -0.3 is 15.0 Å². The van der Waals surface area contributed by atoms with Crippen LogP contribution in [0.15, 0.2) is 48.9 Å². The summed E-state index contributed by atoms with van der Waals surface area (Å²) in [5.74, 6) is -0.184.